The molecule has 37 heavy (non-hydrogen) atoms. The van der Waals surface area contributed by atoms with Crippen LogP contribution >= 0.6 is 0 Å². The van der Waals surface area contributed by atoms with Gasteiger partial charge in [-0.25, -0.2) is 4.79 Å². The lowest BCUT2D eigenvalue weighted by atomic mass is 9.71. The van der Waals surface area contributed by atoms with Crippen LogP contribution in [0.15, 0.2) is 54.6 Å². The summed E-state index contributed by atoms with van der Waals surface area (Å²) >= 11 is 0. The number of likely N-dealkylation sites (tertiary alicyclic amines) is 1. The summed E-state index contributed by atoms with van der Waals surface area (Å²) in [5, 5.41) is 11.9. The van der Waals surface area contributed by atoms with Crippen molar-refractivity contribution in [2.45, 2.75) is 89.4 Å². The first-order valence-electron chi connectivity index (χ1n) is 13.4. The number of primary amides is 1. The van der Waals surface area contributed by atoms with Crippen molar-refractivity contribution in [2.24, 2.45) is 11.1 Å². The van der Waals surface area contributed by atoms with E-state index in [4.69, 9.17) is 15.2 Å². The fourth-order valence-corrected chi connectivity index (χ4v) is 5.94. The summed E-state index contributed by atoms with van der Waals surface area (Å²) in [5.74, 6) is 0.659. The molecule has 0 aromatic heterocycles. The van der Waals surface area contributed by atoms with Crippen molar-refractivity contribution in [1.29, 1.82) is 0 Å². The van der Waals surface area contributed by atoms with Crippen molar-refractivity contribution in [1.82, 2.24) is 4.90 Å². The minimum Gasteiger partial charge on any atom is -0.457 e. The molecule has 3 N–H and O–H groups in total. The van der Waals surface area contributed by atoms with Crippen LogP contribution in [-0.4, -0.2) is 46.3 Å². The second-order valence-electron chi connectivity index (χ2n) is 11.6. The molecule has 2 aliphatic rings. The molecule has 7 nitrogen and oxygen atoms in total. The van der Waals surface area contributed by atoms with Crippen molar-refractivity contribution in [2.75, 3.05) is 6.54 Å². The maximum atomic E-state index is 14.4. The van der Waals surface area contributed by atoms with Crippen LogP contribution in [0.1, 0.15) is 77.2 Å². The standard InChI is InChI=1S/C30H40N2O5/c1-29(2,3)25-20-24(37-28(31)34)16-19-32(25)27(33)26(30(35)17-8-5-9-18-30)21-12-14-23(15-13-21)36-22-10-6-4-7-11-22/h4,6-7,10-15,24-26,35H,5,8-9,16-20H2,1-3H3,(H2,31,34). The first-order chi connectivity index (χ1) is 17.6. The third kappa shape index (κ3) is 6.45. The number of benzene rings is 2. The lowest BCUT2D eigenvalue weighted by Gasteiger charge is -2.48. The summed E-state index contributed by atoms with van der Waals surface area (Å²) < 4.78 is 11.3. The van der Waals surface area contributed by atoms with E-state index in [9.17, 15) is 14.7 Å². The molecular weight excluding hydrogens is 468 g/mol. The number of para-hydroxylation sites is 1. The predicted molar refractivity (Wildman–Crippen MR) is 142 cm³/mol. The fraction of sp³-hybridized carbons (Fsp3) is 0.533. The second-order valence-corrected chi connectivity index (χ2v) is 11.6. The molecule has 2 amide bonds. The quantitative estimate of drug-likeness (QED) is 0.517. The summed E-state index contributed by atoms with van der Waals surface area (Å²) in [4.78, 5) is 27.7. The van der Waals surface area contributed by atoms with E-state index in [1.165, 1.54) is 0 Å². The molecule has 1 heterocycles. The lowest BCUT2D eigenvalue weighted by Crippen LogP contribution is -2.57. The topological polar surface area (TPSA) is 102 Å². The van der Waals surface area contributed by atoms with Crippen molar-refractivity contribution in [3.63, 3.8) is 0 Å². The Morgan fingerprint density at radius 3 is 2.22 bits per heavy atom. The first kappa shape index (κ1) is 27.0. The van der Waals surface area contributed by atoms with Gasteiger partial charge in [0, 0.05) is 25.4 Å². The normalized spacial score (nSPS) is 22.6. The predicted octanol–water partition coefficient (Wildman–Crippen LogP) is 5.76. The van der Waals surface area contributed by atoms with E-state index in [-0.39, 0.29) is 23.5 Å². The van der Waals surface area contributed by atoms with Gasteiger partial charge < -0.3 is 25.2 Å². The Hall–Kier alpha value is -3.06. The van der Waals surface area contributed by atoms with Gasteiger partial charge in [0.25, 0.3) is 0 Å². The second kappa shape index (κ2) is 11.1. The molecule has 7 heteroatoms. The number of carbonyl (C=O) groups excluding carboxylic acids is 2. The Bertz CT molecular complexity index is 1060. The Morgan fingerprint density at radius 2 is 1.62 bits per heavy atom. The van der Waals surface area contributed by atoms with Gasteiger partial charge in [-0.05, 0) is 48.1 Å². The summed E-state index contributed by atoms with van der Waals surface area (Å²) in [6.07, 6.45) is 3.97. The SMILES string of the molecule is CC(C)(C)C1CC(OC(N)=O)CCN1C(=O)C(c1ccc(Oc2ccccc2)cc1)C1(O)CCCCC1. The number of amides is 2. The van der Waals surface area contributed by atoms with Crippen LogP contribution in [0.25, 0.3) is 0 Å². The molecule has 1 saturated carbocycles. The number of rotatable bonds is 6. The minimum absolute atomic E-state index is 0.0708. The summed E-state index contributed by atoms with van der Waals surface area (Å²) in [6, 6.07) is 16.9. The Labute approximate surface area is 219 Å². The van der Waals surface area contributed by atoms with Crippen molar-refractivity contribution in [3.8, 4) is 11.5 Å². The molecule has 2 aromatic rings. The van der Waals surface area contributed by atoms with Crippen LogP contribution in [0, 0.1) is 5.41 Å². The van der Waals surface area contributed by atoms with Crippen LogP contribution in [-0.2, 0) is 9.53 Å². The molecule has 0 bridgehead atoms. The van der Waals surface area contributed by atoms with Gasteiger partial charge in [0.15, 0.2) is 0 Å². The monoisotopic (exact) mass is 508 g/mol. The Balaban J connectivity index is 1.63. The molecule has 1 aliphatic carbocycles. The maximum absolute atomic E-state index is 14.4. The molecule has 0 spiro atoms. The summed E-state index contributed by atoms with van der Waals surface area (Å²) in [5.41, 5.74) is 4.72. The summed E-state index contributed by atoms with van der Waals surface area (Å²) in [6.45, 7) is 6.71. The molecule has 1 saturated heterocycles. The van der Waals surface area contributed by atoms with Crippen molar-refractivity contribution < 1.29 is 24.2 Å². The van der Waals surface area contributed by atoms with Crippen molar-refractivity contribution >= 4 is 12.0 Å². The molecule has 4 rings (SSSR count). The molecule has 0 radical (unpaired) electrons. The molecule has 3 atom stereocenters. The highest BCUT2D eigenvalue weighted by molar-refractivity contribution is 5.86. The Kier molecular flexibility index (Phi) is 8.12. The highest BCUT2D eigenvalue weighted by atomic mass is 16.6. The molecule has 1 aliphatic heterocycles. The van der Waals surface area contributed by atoms with Gasteiger partial charge in [0.1, 0.15) is 17.6 Å². The van der Waals surface area contributed by atoms with E-state index < -0.39 is 17.6 Å². The van der Waals surface area contributed by atoms with E-state index in [2.05, 4.69) is 20.8 Å². The van der Waals surface area contributed by atoms with E-state index in [0.29, 0.717) is 38.0 Å². The zero-order valence-electron chi connectivity index (χ0n) is 22.2. The van der Waals surface area contributed by atoms with Crippen LogP contribution in [0.4, 0.5) is 4.79 Å². The van der Waals surface area contributed by atoms with Gasteiger partial charge in [0.05, 0.1) is 11.5 Å². The van der Waals surface area contributed by atoms with Crippen LogP contribution in [0.3, 0.4) is 0 Å². The number of aliphatic hydroxyl groups is 1. The number of piperidine rings is 1. The molecule has 200 valence electrons. The van der Waals surface area contributed by atoms with Gasteiger partial charge in [-0.15, -0.1) is 0 Å². The van der Waals surface area contributed by atoms with Crippen LogP contribution in [0.2, 0.25) is 0 Å². The van der Waals surface area contributed by atoms with Gasteiger partial charge in [-0.2, -0.15) is 0 Å². The number of nitrogens with zero attached hydrogens (tertiary/aromatic N) is 1. The van der Waals surface area contributed by atoms with Crippen LogP contribution < -0.4 is 10.5 Å². The highest BCUT2D eigenvalue weighted by Gasteiger charge is 2.48. The molecule has 2 aromatic carbocycles. The minimum atomic E-state index is -1.11. The molecule has 3 unspecified atom stereocenters. The lowest BCUT2D eigenvalue weighted by molar-refractivity contribution is -0.150. The molecule has 2 fully saturated rings. The van der Waals surface area contributed by atoms with E-state index >= 15 is 0 Å². The first-order valence-corrected chi connectivity index (χ1v) is 13.4. The largest absolute Gasteiger partial charge is 0.457 e. The van der Waals surface area contributed by atoms with Gasteiger partial charge in [-0.3, -0.25) is 4.79 Å². The average Bonchev–Trinajstić information content (AvgIpc) is 2.85. The van der Waals surface area contributed by atoms with Crippen molar-refractivity contribution in [3.05, 3.63) is 60.2 Å². The van der Waals surface area contributed by atoms with Gasteiger partial charge in [-0.1, -0.05) is 70.4 Å². The van der Waals surface area contributed by atoms with Gasteiger partial charge in [0.2, 0.25) is 5.91 Å². The zero-order chi connectivity index (χ0) is 26.6. The zero-order valence-corrected chi connectivity index (χ0v) is 22.2. The Morgan fingerprint density at radius 1 is 1.00 bits per heavy atom. The number of hydrogen-bond acceptors (Lipinski definition) is 5. The average molecular weight is 509 g/mol. The number of hydrogen-bond donors (Lipinski definition) is 2. The van der Waals surface area contributed by atoms with E-state index in [1.807, 2.05) is 59.5 Å². The van der Waals surface area contributed by atoms with Gasteiger partial charge >= 0.3 is 6.09 Å². The summed E-state index contributed by atoms with van der Waals surface area (Å²) in [7, 11) is 0. The smallest absolute Gasteiger partial charge is 0.404 e. The number of ether oxygens (including phenoxy) is 2. The van der Waals surface area contributed by atoms with Crippen LogP contribution in [0.5, 0.6) is 11.5 Å². The third-order valence-corrected chi connectivity index (χ3v) is 7.82. The van der Waals surface area contributed by atoms with E-state index in [1.54, 1.807) is 0 Å². The number of nitrogens with two attached hydrogens (primary N) is 1. The molecular formula is C30H40N2O5. The fourth-order valence-electron chi connectivity index (χ4n) is 5.94. The maximum Gasteiger partial charge on any atom is 0.404 e. The van der Waals surface area contributed by atoms with E-state index in [0.717, 1.165) is 30.6 Å². The number of carbonyl (C=O) groups is 2. The highest BCUT2D eigenvalue weighted by Crippen LogP contribution is 2.44. The third-order valence-electron chi connectivity index (χ3n) is 7.82.